The Hall–Kier alpha value is -13.8. The molecule has 11 heterocycles. The van der Waals surface area contributed by atoms with Gasteiger partial charge in [-0.3, -0.25) is 19.3 Å². The van der Waals surface area contributed by atoms with Gasteiger partial charge in [0.1, 0.15) is 41.5 Å². The fourth-order valence-electron chi connectivity index (χ4n) is 22.9. The molecular weight excluding hydrogens is 1710 g/mol. The minimum atomic E-state index is -0.314. The SMILES string of the molecule is C=CC(=O)N1CCN(c2c(C#N)c(OCC3CCN(C)C3)nc3c2CCN(c2cccc4cccc(C)c24)C3)C[C@@H]1CC#N.C=CC(=O)N1CCN(c2c(C#N)c(OC[C@@H]3CCCC3C(C)C)nc3c2CCN(c2cccc4cccc(C)c24)C3)C[C@@H]1CC#N.C=CC(=O)N1CCN(c2c(C#N)c(OC[C@@H]3CCCN3CCOC)nc3c2CCN(c2cccc4cccc(C)c24)C3)C[C@@H]1CC#N. The quantitative estimate of drug-likeness (QED) is 0.0480. The number of likely N-dealkylation sites (tertiary alicyclic amines) is 2. The van der Waals surface area contributed by atoms with E-state index in [-0.39, 0.29) is 61.2 Å². The van der Waals surface area contributed by atoms with Crippen molar-refractivity contribution in [3.63, 3.8) is 0 Å². The van der Waals surface area contributed by atoms with Crippen molar-refractivity contribution in [3.05, 3.63) is 214 Å². The van der Waals surface area contributed by atoms with E-state index in [4.69, 9.17) is 33.9 Å². The van der Waals surface area contributed by atoms with E-state index in [1.54, 1.807) is 21.8 Å². The van der Waals surface area contributed by atoms with Crippen molar-refractivity contribution in [1.82, 2.24) is 39.5 Å². The molecule has 7 atom stereocenters. The second kappa shape index (κ2) is 43.9. The average molecular weight is 1840 g/mol. The lowest BCUT2D eigenvalue weighted by Gasteiger charge is -2.43. The molecule has 5 saturated heterocycles. The number of aromatic nitrogens is 3. The number of benzene rings is 6. The number of aryl methyl sites for hydroxylation is 3. The Morgan fingerprint density at radius 1 is 0.438 bits per heavy atom. The first-order valence-electron chi connectivity index (χ1n) is 48.7. The number of fused-ring (bicyclic) bond motifs is 6. The Morgan fingerprint density at radius 2 is 0.818 bits per heavy atom. The Balaban J connectivity index is 0.000000149. The third kappa shape index (κ3) is 20.5. The van der Waals surface area contributed by atoms with Gasteiger partial charge < -0.3 is 67.9 Å². The van der Waals surface area contributed by atoms with Crippen molar-refractivity contribution in [2.75, 3.05) is 175 Å². The molecule has 0 spiro atoms. The minimum Gasteiger partial charge on any atom is -0.476 e. The van der Waals surface area contributed by atoms with Gasteiger partial charge >= 0.3 is 0 Å². The normalized spacial score (nSPS) is 20.4. The molecular formula is C110H126N20O7. The summed E-state index contributed by atoms with van der Waals surface area (Å²) in [5.74, 6) is 2.65. The number of hydrogen-bond donors (Lipinski definition) is 0. The first-order valence-corrected chi connectivity index (χ1v) is 48.7. The number of anilines is 6. The molecule has 1 saturated carbocycles. The number of amides is 3. The number of rotatable bonds is 25. The largest absolute Gasteiger partial charge is 0.476 e. The maximum absolute atomic E-state index is 12.7. The van der Waals surface area contributed by atoms with Gasteiger partial charge in [-0.25, -0.2) is 15.0 Å². The van der Waals surface area contributed by atoms with Crippen molar-refractivity contribution >= 4 is 84.2 Å². The Labute approximate surface area is 806 Å². The van der Waals surface area contributed by atoms with E-state index < -0.39 is 0 Å². The van der Waals surface area contributed by atoms with Gasteiger partial charge in [0.15, 0.2) is 0 Å². The molecule has 27 nitrogen and oxygen atoms in total. The molecule has 0 radical (unpaired) electrons. The smallest absolute Gasteiger partial charge is 0.246 e. The van der Waals surface area contributed by atoms with Crippen LogP contribution in [0.4, 0.5) is 34.1 Å². The third-order valence-electron chi connectivity index (χ3n) is 29.7. The van der Waals surface area contributed by atoms with Crippen molar-refractivity contribution in [3.8, 4) is 54.1 Å². The van der Waals surface area contributed by atoms with Crippen LogP contribution in [-0.2, 0) is 58.0 Å². The zero-order valence-electron chi connectivity index (χ0n) is 80.4. The zero-order valence-corrected chi connectivity index (χ0v) is 80.4. The zero-order chi connectivity index (χ0) is 96.1. The summed E-state index contributed by atoms with van der Waals surface area (Å²) in [6.07, 6.45) is 13.4. The van der Waals surface area contributed by atoms with E-state index in [0.29, 0.717) is 169 Å². The lowest BCUT2D eigenvalue weighted by atomic mass is 9.87. The molecule has 3 amide bonds. The van der Waals surface area contributed by atoms with Crippen LogP contribution in [0.5, 0.6) is 17.6 Å². The summed E-state index contributed by atoms with van der Waals surface area (Å²) in [5, 5.41) is 68.1. The van der Waals surface area contributed by atoms with Crippen molar-refractivity contribution in [2.45, 2.75) is 155 Å². The van der Waals surface area contributed by atoms with Crippen LogP contribution in [-0.4, -0.2) is 227 Å². The van der Waals surface area contributed by atoms with Crippen LogP contribution < -0.4 is 43.6 Å². The van der Waals surface area contributed by atoms with Gasteiger partial charge in [0.25, 0.3) is 0 Å². The fraction of sp³-hybridized carbons (Fsp3) is 0.455. The molecule has 137 heavy (non-hydrogen) atoms. The van der Waals surface area contributed by atoms with Crippen LogP contribution in [0.15, 0.2) is 147 Å². The molecule has 1 aliphatic carbocycles. The maximum Gasteiger partial charge on any atom is 0.246 e. The molecule has 8 aliphatic heterocycles. The molecule has 3 aromatic heterocycles. The average Bonchev–Trinajstić information content (AvgIpc) is 1.42. The van der Waals surface area contributed by atoms with Crippen LogP contribution in [0.2, 0.25) is 0 Å². The number of piperazine rings is 3. The molecule has 6 fully saturated rings. The highest BCUT2D eigenvalue weighted by Crippen LogP contribution is 2.47. The molecule has 18 rings (SSSR count). The maximum atomic E-state index is 12.7. The van der Waals surface area contributed by atoms with E-state index >= 15 is 0 Å². The van der Waals surface area contributed by atoms with Crippen molar-refractivity contribution in [1.29, 1.82) is 31.6 Å². The minimum absolute atomic E-state index is 0.168. The highest BCUT2D eigenvalue weighted by molar-refractivity contribution is 6.00. The predicted octanol–water partition coefficient (Wildman–Crippen LogP) is 15.6. The lowest BCUT2D eigenvalue weighted by Crippen LogP contribution is -2.55. The van der Waals surface area contributed by atoms with E-state index in [9.17, 15) is 46.0 Å². The highest BCUT2D eigenvalue weighted by Gasteiger charge is 2.42. The monoisotopic (exact) mass is 1840 g/mol. The molecule has 6 aromatic carbocycles. The number of carbonyl (C=O) groups is 3. The van der Waals surface area contributed by atoms with E-state index in [1.807, 2.05) is 0 Å². The number of hydrogen-bond acceptors (Lipinski definition) is 24. The van der Waals surface area contributed by atoms with Crippen molar-refractivity contribution < 1.29 is 33.3 Å². The number of ether oxygens (including phenoxy) is 4. The second-order valence-electron chi connectivity index (χ2n) is 38.3. The summed E-state index contributed by atoms with van der Waals surface area (Å²) in [7, 11) is 3.84. The lowest BCUT2D eigenvalue weighted by molar-refractivity contribution is -0.129. The molecule has 27 heteroatoms. The van der Waals surface area contributed by atoms with Crippen LogP contribution in [0.25, 0.3) is 32.3 Å². The Morgan fingerprint density at radius 3 is 1.17 bits per heavy atom. The third-order valence-corrected chi connectivity index (χ3v) is 29.7. The van der Waals surface area contributed by atoms with Crippen LogP contribution >= 0.6 is 0 Å². The summed E-state index contributed by atoms with van der Waals surface area (Å²) in [6, 6.07) is 52.0. The topological polar surface area (TPSA) is 305 Å². The number of carbonyl (C=O) groups excluding carboxylic acids is 3. The number of nitrogens with zero attached hydrogens (tertiary/aromatic N) is 20. The van der Waals surface area contributed by atoms with Gasteiger partial charge in [-0.1, -0.05) is 131 Å². The van der Waals surface area contributed by atoms with Crippen LogP contribution in [0.1, 0.15) is 139 Å². The molecule has 0 bridgehead atoms. The number of methoxy groups -OCH3 is 1. The summed E-state index contributed by atoms with van der Waals surface area (Å²) < 4.78 is 24.8. The molecule has 0 N–H and O–H groups in total. The summed E-state index contributed by atoms with van der Waals surface area (Å²) in [6.45, 7) is 36.5. The molecule has 2 unspecified atom stereocenters. The molecule has 9 aromatic rings. The van der Waals surface area contributed by atoms with Crippen LogP contribution in [0.3, 0.4) is 0 Å². The van der Waals surface area contributed by atoms with E-state index in [0.717, 1.165) is 135 Å². The number of nitriles is 6. The first-order chi connectivity index (χ1) is 66.7. The molecule has 9 aliphatic rings. The Kier molecular flexibility index (Phi) is 30.9. The summed E-state index contributed by atoms with van der Waals surface area (Å²) in [4.78, 5) is 76.8. The van der Waals surface area contributed by atoms with Crippen molar-refractivity contribution in [2.24, 2.45) is 23.7 Å². The Bertz CT molecular complexity index is 6300. The van der Waals surface area contributed by atoms with Gasteiger partial charge in [0.2, 0.25) is 35.4 Å². The van der Waals surface area contributed by atoms with Gasteiger partial charge in [-0.05, 0) is 179 Å². The predicted molar refractivity (Wildman–Crippen MR) is 536 cm³/mol. The van der Waals surface area contributed by atoms with Crippen LogP contribution in [0, 0.1) is 112 Å². The van der Waals surface area contributed by atoms with Gasteiger partial charge in [-0.2, -0.15) is 31.6 Å². The summed E-state index contributed by atoms with van der Waals surface area (Å²) in [5.41, 5.74) is 17.0. The highest BCUT2D eigenvalue weighted by atomic mass is 16.5. The fourth-order valence-corrected chi connectivity index (χ4v) is 22.9. The molecule has 708 valence electrons. The second-order valence-corrected chi connectivity index (χ2v) is 38.3. The van der Waals surface area contributed by atoms with E-state index in [1.165, 1.54) is 97.1 Å². The first kappa shape index (κ1) is 96.3. The van der Waals surface area contributed by atoms with Gasteiger partial charge in [-0.15, -0.1) is 0 Å². The standard InChI is InChI=1S/C38H44N6O2.C37H43N7O3.C35H39N7O2/c1-5-35(45)44-20-19-43(22-29(44)15-17-39)37-31-16-18-42(34-14-8-11-27-10-6-9-26(4)36(27)34)23-33(31)41-38(32(37)21-40)46-24-28-12-7-13-30(28)25(2)3;1-4-34(45)44-19-18-43(23-28(44)13-15-38)36-30-14-17-42(33-12-6-10-27-9-5-8-26(2)35(27)33)24-32(30)40-37(31(36)22-39)47-25-29-11-7-16-41(29)20-21-46-3;1-4-32(43)42-18-17-41(21-27(42)11-14-36)34-28-13-16-40(31-10-6-9-26-8-5-7-24(2)33(26)31)22-30(28)38-35(29(34)19-37)44-23-25-12-15-39(3)20-25/h5-6,8-11,14,25,28-30H,1,7,12-13,15-16,18-20,22-24H2,2-4H3;4-6,8-10,12,28-29H,1,7,11,13-14,16-21,23-25H2,2-3H3;4-10,25,27H,1,11-13,15-18,20-23H2,2-3H3/t28-,29-,30?;28-,29-;25?,27-/m000/s1. The number of pyridine rings is 3. The van der Waals surface area contributed by atoms with Gasteiger partial charge in [0, 0.05) is 161 Å². The van der Waals surface area contributed by atoms with E-state index in [2.05, 4.69) is 246 Å². The summed E-state index contributed by atoms with van der Waals surface area (Å²) >= 11 is 0. The van der Waals surface area contributed by atoms with Gasteiger partial charge in [0.05, 0.1) is 129 Å².